The van der Waals surface area contributed by atoms with E-state index in [0.29, 0.717) is 11.4 Å². The molecule has 1 aliphatic rings. The molecule has 2 aromatic rings. The van der Waals surface area contributed by atoms with E-state index in [1.165, 1.54) is 18.2 Å². The summed E-state index contributed by atoms with van der Waals surface area (Å²) in [7, 11) is 0. The van der Waals surface area contributed by atoms with E-state index in [9.17, 15) is 18.0 Å². The Balaban J connectivity index is 2.16. The van der Waals surface area contributed by atoms with Crippen LogP contribution < -0.4 is 11.1 Å². The van der Waals surface area contributed by atoms with Crippen molar-refractivity contribution in [1.82, 2.24) is 0 Å². The molecule has 0 saturated carbocycles. The lowest BCUT2D eigenvalue weighted by molar-refractivity contribution is -0.138. The monoisotopic (exact) mass is 319 g/mol. The molecule has 4 nitrogen and oxygen atoms in total. The van der Waals surface area contributed by atoms with Crippen LogP contribution in [0.15, 0.2) is 53.5 Å². The second kappa shape index (κ2) is 5.42. The predicted molar refractivity (Wildman–Crippen MR) is 80.5 cm³/mol. The summed E-state index contributed by atoms with van der Waals surface area (Å²) in [6.45, 7) is 0. The van der Waals surface area contributed by atoms with Gasteiger partial charge in [-0.25, -0.2) is 4.99 Å². The van der Waals surface area contributed by atoms with Crippen molar-refractivity contribution < 1.29 is 18.0 Å². The zero-order chi connectivity index (χ0) is 16.6. The summed E-state index contributed by atoms with van der Waals surface area (Å²) < 4.78 is 39.7. The second-order valence-corrected chi connectivity index (χ2v) is 5.04. The third kappa shape index (κ3) is 2.77. The molecule has 3 N–H and O–H groups in total. The molecular formula is C16H12F3N3O. The van der Waals surface area contributed by atoms with Crippen LogP contribution in [-0.4, -0.2) is 11.6 Å². The number of anilines is 1. The van der Waals surface area contributed by atoms with Crippen LogP contribution in [-0.2, 0) is 11.0 Å². The van der Waals surface area contributed by atoms with Gasteiger partial charge in [-0.2, -0.15) is 13.2 Å². The van der Waals surface area contributed by atoms with Crippen molar-refractivity contribution in [3.8, 4) is 0 Å². The normalized spacial score (nSPS) is 17.0. The molecule has 2 aromatic carbocycles. The number of halogens is 3. The van der Waals surface area contributed by atoms with Gasteiger partial charge in [-0.05, 0) is 23.8 Å². The summed E-state index contributed by atoms with van der Waals surface area (Å²) in [5, 5.41) is 2.93. The van der Waals surface area contributed by atoms with Crippen molar-refractivity contribution >= 4 is 23.0 Å². The van der Waals surface area contributed by atoms with Crippen LogP contribution in [0.2, 0.25) is 0 Å². The Morgan fingerprint density at radius 3 is 2.43 bits per heavy atom. The molecule has 0 aromatic heterocycles. The molecule has 7 heteroatoms. The minimum atomic E-state index is -4.54. The number of hydrogen-bond donors (Lipinski definition) is 2. The summed E-state index contributed by atoms with van der Waals surface area (Å²) in [6.07, 6.45) is -4.54. The third-order valence-electron chi connectivity index (χ3n) is 3.55. The number of hydrogen-bond acceptors (Lipinski definition) is 3. The maximum Gasteiger partial charge on any atom is 0.416 e. The topological polar surface area (TPSA) is 67.5 Å². The number of alkyl halides is 3. The van der Waals surface area contributed by atoms with E-state index in [2.05, 4.69) is 10.3 Å². The van der Waals surface area contributed by atoms with E-state index in [4.69, 9.17) is 5.73 Å². The Hall–Kier alpha value is -2.83. The van der Waals surface area contributed by atoms with Crippen LogP contribution in [0.1, 0.15) is 17.2 Å². The van der Waals surface area contributed by atoms with Crippen molar-refractivity contribution in [1.29, 1.82) is 0 Å². The van der Waals surface area contributed by atoms with Gasteiger partial charge in [0.1, 0.15) is 11.8 Å². The maximum absolute atomic E-state index is 13.2. The van der Waals surface area contributed by atoms with E-state index >= 15 is 0 Å². The van der Waals surface area contributed by atoms with Crippen LogP contribution in [0.3, 0.4) is 0 Å². The van der Waals surface area contributed by atoms with E-state index in [-0.39, 0.29) is 11.3 Å². The zero-order valence-electron chi connectivity index (χ0n) is 11.8. The number of aliphatic imine (C=N–C) groups is 1. The number of nitrogens with zero attached hydrogens (tertiary/aromatic N) is 1. The van der Waals surface area contributed by atoms with Crippen LogP contribution in [0.5, 0.6) is 0 Å². The molecule has 0 radical (unpaired) electrons. The number of fused-ring (bicyclic) bond motifs is 1. The fraction of sp³-hybridized carbons (Fsp3) is 0.125. The molecule has 0 bridgehead atoms. The molecule has 0 aliphatic carbocycles. The average molecular weight is 319 g/mol. The van der Waals surface area contributed by atoms with Gasteiger partial charge in [0, 0.05) is 0 Å². The van der Waals surface area contributed by atoms with Crippen molar-refractivity contribution in [2.24, 2.45) is 10.7 Å². The van der Waals surface area contributed by atoms with Gasteiger partial charge in [-0.15, -0.1) is 0 Å². The van der Waals surface area contributed by atoms with E-state index in [1.807, 2.05) is 0 Å². The molecule has 1 heterocycles. The van der Waals surface area contributed by atoms with E-state index in [0.717, 1.165) is 6.07 Å². The van der Waals surface area contributed by atoms with Crippen LogP contribution in [0.4, 0.5) is 24.5 Å². The second-order valence-electron chi connectivity index (χ2n) is 5.04. The molecule has 0 spiro atoms. The number of benzene rings is 2. The first-order chi connectivity index (χ1) is 10.9. The highest BCUT2D eigenvalue weighted by atomic mass is 19.4. The van der Waals surface area contributed by atoms with Crippen molar-refractivity contribution in [3.63, 3.8) is 0 Å². The van der Waals surface area contributed by atoms with Gasteiger partial charge in [-0.3, -0.25) is 4.79 Å². The lowest BCUT2D eigenvalue weighted by Crippen LogP contribution is -2.35. The highest BCUT2D eigenvalue weighted by molar-refractivity contribution is 6.42. The van der Waals surface area contributed by atoms with Crippen molar-refractivity contribution in [3.05, 3.63) is 59.7 Å². The molecular weight excluding hydrogens is 307 g/mol. The van der Waals surface area contributed by atoms with Gasteiger partial charge in [0.25, 0.3) is 5.91 Å². The summed E-state index contributed by atoms with van der Waals surface area (Å²) in [5.74, 6) is -0.867. The molecule has 1 amide bonds. The minimum Gasteiger partial charge on any atom is -0.371 e. The number of rotatable bonds is 2. The number of nitrogens with one attached hydrogen (secondary N) is 1. The first-order valence-corrected chi connectivity index (χ1v) is 6.78. The third-order valence-corrected chi connectivity index (χ3v) is 3.55. The van der Waals surface area contributed by atoms with Gasteiger partial charge in [0.2, 0.25) is 0 Å². The molecule has 23 heavy (non-hydrogen) atoms. The number of para-hydroxylation sites is 2. The molecule has 1 aliphatic heterocycles. The number of amides is 1. The summed E-state index contributed by atoms with van der Waals surface area (Å²) >= 11 is 0. The standard InChI is InChI=1S/C16H12F3N3O/c17-16(18,19)10-6-2-1-5-9(10)13-14(15(20)23)22-12-8-4-3-7-11(12)21-13/h1-8,13,21H,(H2,20,23). The van der Waals surface area contributed by atoms with Crippen molar-refractivity contribution in [2.45, 2.75) is 12.2 Å². The predicted octanol–water partition coefficient (Wildman–Crippen LogP) is 3.43. The van der Waals surface area contributed by atoms with Gasteiger partial charge in [-0.1, -0.05) is 30.3 Å². The highest BCUT2D eigenvalue weighted by Gasteiger charge is 2.38. The molecule has 0 saturated heterocycles. The lowest BCUT2D eigenvalue weighted by Gasteiger charge is -2.28. The SMILES string of the molecule is NC(=O)C1=Nc2ccccc2NC1c1ccccc1C(F)(F)F. The zero-order valence-corrected chi connectivity index (χ0v) is 11.8. The summed E-state index contributed by atoms with van der Waals surface area (Å²) in [5.41, 5.74) is 5.25. The van der Waals surface area contributed by atoms with Gasteiger partial charge in [0.05, 0.1) is 16.9 Å². The minimum absolute atomic E-state index is 0.0907. The lowest BCUT2D eigenvalue weighted by atomic mass is 9.94. The Morgan fingerprint density at radius 1 is 1.09 bits per heavy atom. The molecule has 1 atom stereocenters. The van der Waals surface area contributed by atoms with Crippen LogP contribution in [0, 0.1) is 0 Å². The van der Waals surface area contributed by atoms with Gasteiger partial charge < -0.3 is 11.1 Å². The molecule has 118 valence electrons. The molecule has 1 unspecified atom stereocenters. The quantitative estimate of drug-likeness (QED) is 0.890. The fourth-order valence-electron chi connectivity index (χ4n) is 2.54. The molecule has 0 fully saturated rings. The number of carbonyl (C=O) groups is 1. The number of carbonyl (C=O) groups excluding carboxylic acids is 1. The highest BCUT2D eigenvalue weighted by Crippen LogP contribution is 2.39. The maximum atomic E-state index is 13.2. The first kappa shape index (κ1) is 15.1. The van der Waals surface area contributed by atoms with E-state index in [1.54, 1.807) is 24.3 Å². The van der Waals surface area contributed by atoms with Gasteiger partial charge in [0.15, 0.2) is 0 Å². The van der Waals surface area contributed by atoms with Gasteiger partial charge >= 0.3 is 6.18 Å². The average Bonchev–Trinajstić information content (AvgIpc) is 2.52. The largest absolute Gasteiger partial charge is 0.416 e. The first-order valence-electron chi connectivity index (χ1n) is 6.78. The summed E-state index contributed by atoms with van der Waals surface area (Å²) in [4.78, 5) is 15.8. The van der Waals surface area contributed by atoms with E-state index < -0.39 is 23.7 Å². The van der Waals surface area contributed by atoms with Crippen LogP contribution in [0.25, 0.3) is 0 Å². The van der Waals surface area contributed by atoms with Crippen molar-refractivity contribution in [2.75, 3.05) is 5.32 Å². The Bertz CT molecular complexity index is 799. The van der Waals surface area contributed by atoms with Crippen LogP contribution >= 0.6 is 0 Å². The molecule has 3 rings (SSSR count). The fourth-order valence-corrected chi connectivity index (χ4v) is 2.54. The number of primary amides is 1. The Morgan fingerprint density at radius 2 is 1.74 bits per heavy atom. The smallest absolute Gasteiger partial charge is 0.371 e. The Kier molecular flexibility index (Phi) is 3.55. The number of nitrogens with two attached hydrogens (primary N) is 1. The summed E-state index contributed by atoms with van der Waals surface area (Å²) in [6, 6.07) is 10.8. The Labute approximate surface area is 129 Å².